The topological polar surface area (TPSA) is 46.2 Å². The largest absolute Gasteiger partial charge is 0.250 e. The fourth-order valence-electron chi connectivity index (χ4n) is 1.78. The van der Waals surface area contributed by atoms with E-state index in [9.17, 15) is 8.42 Å². The van der Waals surface area contributed by atoms with Crippen LogP contribution in [0.2, 0.25) is 4.34 Å². The average Bonchev–Trinajstić information content (AvgIpc) is 2.85. The van der Waals surface area contributed by atoms with Crippen molar-refractivity contribution >= 4 is 33.0 Å². The molecule has 0 unspecified atom stereocenters. The number of nitrogens with one attached hydrogen (secondary N) is 1. The van der Waals surface area contributed by atoms with Crippen LogP contribution in [0, 0.1) is 0 Å². The van der Waals surface area contributed by atoms with Crippen molar-refractivity contribution in [3.63, 3.8) is 0 Å². The molecule has 1 aromatic heterocycles. The van der Waals surface area contributed by atoms with E-state index < -0.39 is 10.0 Å². The lowest BCUT2D eigenvalue weighted by Gasteiger charge is -2.25. The van der Waals surface area contributed by atoms with Crippen molar-refractivity contribution in [1.29, 1.82) is 0 Å². The molecule has 0 aliphatic rings. The summed E-state index contributed by atoms with van der Waals surface area (Å²) in [5.74, 6) is 0. The van der Waals surface area contributed by atoms with Crippen LogP contribution in [0.3, 0.4) is 0 Å². The van der Waals surface area contributed by atoms with E-state index in [-0.39, 0.29) is 9.62 Å². The van der Waals surface area contributed by atoms with Crippen LogP contribution < -0.4 is 4.72 Å². The maximum Gasteiger partial charge on any atom is 0.250 e. The van der Waals surface area contributed by atoms with Crippen LogP contribution in [0.1, 0.15) is 19.4 Å². The molecule has 0 atom stereocenters. The molecule has 1 heterocycles. The molecule has 2 rings (SSSR count). The molecule has 0 aliphatic heterocycles. The molecule has 0 radical (unpaired) electrons. The fourth-order valence-corrected chi connectivity index (χ4v) is 4.52. The van der Waals surface area contributed by atoms with Crippen LogP contribution >= 0.6 is 22.9 Å². The van der Waals surface area contributed by atoms with E-state index >= 15 is 0 Å². The Balaban J connectivity index is 2.12. The highest BCUT2D eigenvalue weighted by Gasteiger charge is 2.24. The molecule has 0 saturated heterocycles. The molecule has 0 aliphatic carbocycles. The summed E-state index contributed by atoms with van der Waals surface area (Å²) in [5, 5.41) is 0. The quantitative estimate of drug-likeness (QED) is 0.910. The van der Waals surface area contributed by atoms with Gasteiger partial charge in [-0.05, 0) is 17.7 Å². The number of hydrogen-bond acceptors (Lipinski definition) is 3. The molecule has 6 heteroatoms. The molecule has 1 aromatic carbocycles. The van der Waals surface area contributed by atoms with Crippen LogP contribution in [0.5, 0.6) is 0 Å². The van der Waals surface area contributed by atoms with Gasteiger partial charge in [-0.1, -0.05) is 55.8 Å². The summed E-state index contributed by atoms with van der Waals surface area (Å²) in [7, 11) is -3.50. The lowest BCUT2D eigenvalue weighted by atomic mass is 9.85. The van der Waals surface area contributed by atoms with Crippen molar-refractivity contribution in [3.05, 3.63) is 52.4 Å². The molecule has 3 nitrogen and oxygen atoms in total. The van der Waals surface area contributed by atoms with Gasteiger partial charge in [0.2, 0.25) is 10.0 Å². The maximum absolute atomic E-state index is 12.2. The van der Waals surface area contributed by atoms with Crippen molar-refractivity contribution in [1.82, 2.24) is 4.72 Å². The van der Waals surface area contributed by atoms with Gasteiger partial charge in [0.25, 0.3) is 0 Å². The average molecular weight is 330 g/mol. The third-order valence-corrected chi connectivity index (χ3v) is 6.20. The van der Waals surface area contributed by atoms with E-state index in [0.717, 1.165) is 16.9 Å². The smallest absolute Gasteiger partial charge is 0.210 e. The van der Waals surface area contributed by atoms with Gasteiger partial charge in [0, 0.05) is 12.0 Å². The van der Waals surface area contributed by atoms with Crippen LogP contribution in [0.25, 0.3) is 0 Å². The standard InChI is InChI=1S/C14H16ClNO2S2/c1-14(2,11-6-4-3-5-7-11)10-16-20(17,18)13-9-8-12(15)19-13/h3-9,16H,10H2,1-2H3. The number of halogens is 1. The Labute approximate surface area is 128 Å². The fraction of sp³-hybridized carbons (Fsp3) is 0.286. The number of benzene rings is 1. The minimum atomic E-state index is -3.50. The van der Waals surface area contributed by atoms with Gasteiger partial charge in [0.05, 0.1) is 4.34 Å². The molecule has 0 saturated carbocycles. The minimum Gasteiger partial charge on any atom is -0.210 e. The normalized spacial score (nSPS) is 12.6. The molecule has 0 spiro atoms. The molecular weight excluding hydrogens is 314 g/mol. The van der Waals surface area contributed by atoms with Crippen LogP contribution in [-0.4, -0.2) is 15.0 Å². The monoisotopic (exact) mass is 329 g/mol. The third-order valence-electron chi connectivity index (χ3n) is 3.07. The Morgan fingerprint density at radius 2 is 1.80 bits per heavy atom. The van der Waals surface area contributed by atoms with E-state index in [4.69, 9.17) is 11.6 Å². The van der Waals surface area contributed by atoms with Crippen molar-refractivity contribution in [2.24, 2.45) is 0 Å². The van der Waals surface area contributed by atoms with E-state index in [1.165, 1.54) is 6.07 Å². The highest BCUT2D eigenvalue weighted by atomic mass is 35.5. The summed E-state index contributed by atoms with van der Waals surface area (Å²) in [6.07, 6.45) is 0. The molecule has 2 aromatic rings. The van der Waals surface area contributed by atoms with E-state index in [2.05, 4.69) is 4.72 Å². The highest BCUT2D eigenvalue weighted by molar-refractivity contribution is 7.91. The van der Waals surface area contributed by atoms with Crippen LogP contribution in [-0.2, 0) is 15.4 Å². The van der Waals surface area contributed by atoms with E-state index in [0.29, 0.717) is 10.9 Å². The summed E-state index contributed by atoms with van der Waals surface area (Å²) in [4.78, 5) is 0. The molecule has 0 fully saturated rings. The SMILES string of the molecule is CC(C)(CNS(=O)(=O)c1ccc(Cl)s1)c1ccccc1. The Morgan fingerprint density at radius 3 is 2.35 bits per heavy atom. The van der Waals surface area contributed by atoms with Crippen LogP contribution in [0.15, 0.2) is 46.7 Å². The first-order valence-corrected chi connectivity index (χ1v) is 8.79. The van der Waals surface area contributed by atoms with Crippen molar-refractivity contribution in [2.45, 2.75) is 23.5 Å². The van der Waals surface area contributed by atoms with E-state index in [1.807, 2.05) is 44.2 Å². The summed E-state index contributed by atoms with van der Waals surface area (Å²) >= 11 is 6.83. The lowest BCUT2D eigenvalue weighted by molar-refractivity contribution is 0.502. The Kier molecular flexibility index (Phi) is 4.54. The van der Waals surface area contributed by atoms with Crippen molar-refractivity contribution < 1.29 is 8.42 Å². The number of hydrogen-bond donors (Lipinski definition) is 1. The van der Waals surface area contributed by atoms with Gasteiger partial charge < -0.3 is 0 Å². The predicted molar refractivity (Wildman–Crippen MR) is 84.0 cm³/mol. The Hall–Kier alpha value is -0.880. The van der Waals surface area contributed by atoms with Crippen LogP contribution in [0.4, 0.5) is 0 Å². The zero-order valence-corrected chi connectivity index (χ0v) is 13.6. The summed E-state index contributed by atoms with van der Waals surface area (Å²) < 4.78 is 27.7. The Bertz CT molecular complexity index is 678. The number of sulfonamides is 1. The first kappa shape index (κ1) is 15.5. The summed E-state index contributed by atoms with van der Waals surface area (Å²) in [6, 6.07) is 12.9. The third kappa shape index (κ3) is 3.61. The zero-order valence-electron chi connectivity index (χ0n) is 11.3. The second kappa shape index (κ2) is 5.85. The van der Waals surface area contributed by atoms with Crippen molar-refractivity contribution in [3.8, 4) is 0 Å². The maximum atomic E-state index is 12.2. The lowest BCUT2D eigenvalue weighted by Crippen LogP contribution is -2.36. The zero-order chi connectivity index (χ0) is 14.8. The van der Waals surface area contributed by atoms with Gasteiger partial charge in [-0.3, -0.25) is 0 Å². The Morgan fingerprint density at radius 1 is 1.15 bits per heavy atom. The summed E-state index contributed by atoms with van der Waals surface area (Å²) in [5.41, 5.74) is 0.807. The molecule has 0 amide bonds. The van der Waals surface area contributed by atoms with Gasteiger partial charge in [0.15, 0.2) is 0 Å². The molecule has 1 N–H and O–H groups in total. The first-order valence-electron chi connectivity index (χ1n) is 6.12. The predicted octanol–water partition coefficient (Wildman–Crippen LogP) is 3.66. The molecule has 0 bridgehead atoms. The molecule has 20 heavy (non-hydrogen) atoms. The molecular formula is C14H16ClNO2S2. The second-order valence-electron chi connectivity index (χ2n) is 5.13. The van der Waals surface area contributed by atoms with Gasteiger partial charge in [-0.2, -0.15) is 0 Å². The molecule has 108 valence electrons. The van der Waals surface area contributed by atoms with E-state index in [1.54, 1.807) is 6.07 Å². The van der Waals surface area contributed by atoms with Gasteiger partial charge in [0.1, 0.15) is 4.21 Å². The first-order chi connectivity index (χ1) is 9.31. The summed E-state index contributed by atoms with van der Waals surface area (Å²) in [6.45, 7) is 4.34. The van der Waals surface area contributed by atoms with Gasteiger partial charge in [-0.25, -0.2) is 13.1 Å². The van der Waals surface area contributed by atoms with Gasteiger partial charge >= 0.3 is 0 Å². The van der Waals surface area contributed by atoms with Gasteiger partial charge in [-0.15, -0.1) is 11.3 Å². The minimum absolute atomic E-state index is 0.242. The highest BCUT2D eigenvalue weighted by Crippen LogP contribution is 2.27. The number of thiophene rings is 1. The second-order valence-corrected chi connectivity index (χ2v) is 8.84. The number of rotatable bonds is 5. The van der Waals surface area contributed by atoms with Crippen molar-refractivity contribution in [2.75, 3.05) is 6.54 Å².